The van der Waals surface area contributed by atoms with E-state index in [1.807, 2.05) is 11.7 Å². The SMILES string of the molecule is Cc1nn(C)c(N(C)C(C)C(C)C)c1CNCC(C)C. The highest BCUT2D eigenvalue weighted by Gasteiger charge is 2.21. The Labute approximate surface area is 124 Å². The molecule has 4 heteroatoms. The van der Waals surface area contributed by atoms with Gasteiger partial charge in [0.05, 0.1) is 5.69 Å². The van der Waals surface area contributed by atoms with Gasteiger partial charge in [-0.15, -0.1) is 0 Å². The third-order valence-electron chi connectivity index (χ3n) is 4.08. The zero-order chi connectivity index (χ0) is 15.4. The van der Waals surface area contributed by atoms with E-state index in [-0.39, 0.29) is 0 Å². The molecule has 0 radical (unpaired) electrons. The molecule has 20 heavy (non-hydrogen) atoms. The van der Waals surface area contributed by atoms with E-state index in [2.05, 4.69) is 63.9 Å². The summed E-state index contributed by atoms with van der Waals surface area (Å²) in [5.74, 6) is 2.52. The highest BCUT2D eigenvalue weighted by molar-refractivity contribution is 5.50. The van der Waals surface area contributed by atoms with Crippen molar-refractivity contribution in [3.8, 4) is 0 Å². The van der Waals surface area contributed by atoms with Crippen molar-refractivity contribution in [2.45, 2.75) is 54.1 Å². The Morgan fingerprint density at radius 3 is 2.30 bits per heavy atom. The first-order valence-corrected chi connectivity index (χ1v) is 7.71. The Morgan fingerprint density at radius 2 is 1.80 bits per heavy atom. The highest BCUT2D eigenvalue weighted by Crippen LogP contribution is 2.25. The van der Waals surface area contributed by atoms with Crippen LogP contribution in [0.15, 0.2) is 0 Å². The van der Waals surface area contributed by atoms with E-state index in [4.69, 9.17) is 0 Å². The van der Waals surface area contributed by atoms with Gasteiger partial charge in [0.2, 0.25) is 0 Å². The molecule has 0 aliphatic carbocycles. The van der Waals surface area contributed by atoms with E-state index in [0.29, 0.717) is 17.9 Å². The van der Waals surface area contributed by atoms with Gasteiger partial charge in [-0.2, -0.15) is 5.10 Å². The van der Waals surface area contributed by atoms with Crippen molar-refractivity contribution in [1.29, 1.82) is 0 Å². The van der Waals surface area contributed by atoms with Crippen LogP contribution in [0.1, 0.15) is 45.9 Å². The van der Waals surface area contributed by atoms with Gasteiger partial charge in [-0.1, -0.05) is 27.7 Å². The number of hydrogen-bond donors (Lipinski definition) is 1. The monoisotopic (exact) mass is 280 g/mol. The van der Waals surface area contributed by atoms with Crippen molar-refractivity contribution in [2.24, 2.45) is 18.9 Å². The van der Waals surface area contributed by atoms with Crippen LogP contribution in [0.2, 0.25) is 0 Å². The van der Waals surface area contributed by atoms with Gasteiger partial charge in [0.1, 0.15) is 5.82 Å². The lowest BCUT2D eigenvalue weighted by atomic mass is 10.0. The number of nitrogens with one attached hydrogen (secondary N) is 1. The summed E-state index contributed by atoms with van der Waals surface area (Å²) in [5.41, 5.74) is 2.45. The van der Waals surface area contributed by atoms with Crippen molar-refractivity contribution in [3.63, 3.8) is 0 Å². The molecule has 116 valence electrons. The number of aromatic nitrogens is 2. The predicted molar refractivity (Wildman–Crippen MR) is 87.2 cm³/mol. The fraction of sp³-hybridized carbons (Fsp3) is 0.812. The Hall–Kier alpha value is -1.03. The molecule has 0 aliphatic rings. The lowest BCUT2D eigenvalue weighted by Crippen LogP contribution is -2.35. The zero-order valence-corrected chi connectivity index (χ0v) is 14.5. The summed E-state index contributed by atoms with van der Waals surface area (Å²) < 4.78 is 2.01. The summed E-state index contributed by atoms with van der Waals surface area (Å²) >= 11 is 0. The van der Waals surface area contributed by atoms with Gasteiger partial charge in [0.15, 0.2) is 0 Å². The number of hydrogen-bond acceptors (Lipinski definition) is 3. The van der Waals surface area contributed by atoms with E-state index in [1.165, 1.54) is 11.4 Å². The summed E-state index contributed by atoms with van der Waals surface area (Å²) in [5, 5.41) is 8.15. The highest BCUT2D eigenvalue weighted by atomic mass is 15.4. The molecular weight excluding hydrogens is 248 g/mol. The maximum absolute atomic E-state index is 4.61. The van der Waals surface area contributed by atoms with Gasteiger partial charge in [-0.25, -0.2) is 0 Å². The van der Waals surface area contributed by atoms with Gasteiger partial charge in [0.25, 0.3) is 0 Å². The van der Waals surface area contributed by atoms with E-state index < -0.39 is 0 Å². The summed E-state index contributed by atoms with van der Waals surface area (Å²) in [6.07, 6.45) is 0. The van der Waals surface area contributed by atoms with Crippen LogP contribution in [0.3, 0.4) is 0 Å². The van der Waals surface area contributed by atoms with Crippen LogP contribution < -0.4 is 10.2 Å². The summed E-state index contributed by atoms with van der Waals surface area (Å²) in [6.45, 7) is 15.3. The van der Waals surface area contributed by atoms with Crippen molar-refractivity contribution in [1.82, 2.24) is 15.1 Å². The molecule has 0 saturated carbocycles. The first kappa shape index (κ1) is 17.0. The van der Waals surface area contributed by atoms with Crippen LogP contribution in [-0.2, 0) is 13.6 Å². The minimum Gasteiger partial charge on any atom is -0.357 e. The summed E-state index contributed by atoms with van der Waals surface area (Å²) in [4.78, 5) is 2.36. The van der Waals surface area contributed by atoms with Crippen LogP contribution in [0, 0.1) is 18.8 Å². The van der Waals surface area contributed by atoms with Crippen molar-refractivity contribution in [2.75, 3.05) is 18.5 Å². The van der Waals surface area contributed by atoms with Crippen molar-refractivity contribution in [3.05, 3.63) is 11.3 Å². The molecule has 1 aromatic heterocycles. The molecule has 1 aromatic rings. The molecule has 1 unspecified atom stereocenters. The largest absolute Gasteiger partial charge is 0.357 e. The molecule has 1 heterocycles. The molecule has 1 atom stereocenters. The number of rotatable bonds is 7. The molecule has 0 bridgehead atoms. The van der Waals surface area contributed by atoms with Crippen LogP contribution in [0.25, 0.3) is 0 Å². The van der Waals surface area contributed by atoms with E-state index in [1.54, 1.807) is 0 Å². The standard InChI is InChI=1S/C16H32N4/c1-11(2)9-17-10-15-13(5)18-20(8)16(15)19(7)14(6)12(3)4/h11-12,14,17H,9-10H2,1-8H3. The normalized spacial score (nSPS) is 13.3. The smallest absolute Gasteiger partial charge is 0.131 e. The Kier molecular flexibility index (Phi) is 6.06. The average Bonchev–Trinajstić information content (AvgIpc) is 2.62. The molecular formula is C16H32N4. The van der Waals surface area contributed by atoms with E-state index >= 15 is 0 Å². The van der Waals surface area contributed by atoms with Gasteiger partial charge in [-0.3, -0.25) is 4.68 Å². The molecule has 0 spiro atoms. The van der Waals surface area contributed by atoms with Crippen molar-refractivity contribution >= 4 is 5.82 Å². The maximum atomic E-state index is 4.61. The van der Waals surface area contributed by atoms with Crippen molar-refractivity contribution < 1.29 is 0 Å². The number of aryl methyl sites for hydroxylation is 2. The molecule has 0 aromatic carbocycles. The lowest BCUT2D eigenvalue weighted by molar-refractivity contribution is 0.494. The molecule has 0 amide bonds. The van der Waals surface area contributed by atoms with Crippen LogP contribution in [0.4, 0.5) is 5.82 Å². The molecule has 0 aliphatic heterocycles. The molecule has 1 N–H and O–H groups in total. The quantitative estimate of drug-likeness (QED) is 0.833. The molecule has 4 nitrogen and oxygen atoms in total. The Bertz CT molecular complexity index is 420. The van der Waals surface area contributed by atoms with Gasteiger partial charge in [-0.05, 0) is 32.2 Å². The first-order chi connectivity index (χ1) is 9.25. The van der Waals surface area contributed by atoms with Crippen LogP contribution >= 0.6 is 0 Å². The van der Waals surface area contributed by atoms with Gasteiger partial charge >= 0.3 is 0 Å². The fourth-order valence-electron chi connectivity index (χ4n) is 2.46. The molecule has 0 saturated heterocycles. The van der Waals surface area contributed by atoms with E-state index in [0.717, 1.165) is 18.8 Å². The number of nitrogens with zero attached hydrogens (tertiary/aromatic N) is 3. The van der Waals surface area contributed by atoms with Gasteiger partial charge in [0, 0.05) is 32.2 Å². The van der Waals surface area contributed by atoms with Gasteiger partial charge < -0.3 is 10.2 Å². The third kappa shape index (κ3) is 3.98. The first-order valence-electron chi connectivity index (χ1n) is 7.71. The predicted octanol–water partition coefficient (Wildman–Crippen LogP) is 2.95. The summed E-state index contributed by atoms with van der Waals surface area (Å²) in [7, 11) is 4.21. The van der Waals surface area contributed by atoms with E-state index in [9.17, 15) is 0 Å². The van der Waals surface area contributed by atoms with Crippen LogP contribution in [0.5, 0.6) is 0 Å². The summed E-state index contributed by atoms with van der Waals surface area (Å²) in [6, 6.07) is 0.494. The molecule has 0 fully saturated rings. The minimum atomic E-state index is 0.494. The second kappa shape index (κ2) is 7.11. The topological polar surface area (TPSA) is 33.1 Å². The maximum Gasteiger partial charge on any atom is 0.131 e. The zero-order valence-electron chi connectivity index (χ0n) is 14.5. The number of anilines is 1. The second-order valence-electron chi connectivity index (χ2n) is 6.63. The fourth-order valence-corrected chi connectivity index (χ4v) is 2.46. The average molecular weight is 280 g/mol. The third-order valence-corrected chi connectivity index (χ3v) is 4.08. The second-order valence-corrected chi connectivity index (χ2v) is 6.63. The molecule has 1 rings (SSSR count). The van der Waals surface area contributed by atoms with Crippen LogP contribution in [-0.4, -0.2) is 29.4 Å². The minimum absolute atomic E-state index is 0.494. The Morgan fingerprint density at radius 1 is 1.20 bits per heavy atom. The lowest BCUT2D eigenvalue weighted by Gasteiger charge is -2.30. The Balaban J connectivity index is 2.94.